The lowest BCUT2D eigenvalue weighted by molar-refractivity contribution is -0.137. The Balaban J connectivity index is 1.72. The minimum Gasteiger partial charge on any atom is -0.481 e. The quantitative estimate of drug-likeness (QED) is 0.372. The van der Waals surface area contributed by atoms with Gasteiger partial charge in [-0.1, -0.05) is 31.4 Å². The number of hydrogen-bond donors (Lipinski definition) is 4. The van der Waals surface area contributed by atoms with Gasteiger partial charge in [-0.25, -0.2) is 4.39 Å². The van der Waals surface area contributed by atoms with Crippen molar-refractivity contribution in [1.29, 1.82) is 0 Å². The molecular weight excluding hydrogens is 377 g/mol. The van der Waals surface area contributed by atoms with Crippen molar-refractivity contribution in [2.75, 3.05) is 11.9 Å². The minimum atomic E-state index is -0.790. The first-order valence-electron chi connectivity index (χ1n) is 10.5. The van der Waals surface area contributed by atoms with E-state index in [1.807, 2.05) is 0 Å². The molecular formula is C22H32FNO5. The number of aliphatic carboxylic acids is 1. The Kier molecular flexibility index (Phi) is 9.54. The van der Waals surface area contributed by atoms with Crippen LogP contribution in [0.25, 0.3) is 0 Å². The van der Waals surface area contributed by atoms with Crippen LogP contribution in [0.4, 0.5) is 10.1 Å². The summed E-state index contributed by atoms with van der Waals surface area (Å²) in [6.07, 6.45) is 3.77. The molecule has 6 nitrogen and oxygen atoms in total. The zero-order valence-corrected chi connectivity index (χ0v) is 16.7. The summed E-state index contributed by atoms with van der Waals surface area (Å²) in [6.45, 7) is 0.200. The molecule has 1 aromatic rings. The van der Waals surface area contributed by atoms with Crippen molar-refractivity contribution in [3.8, 4) is 0 Å². The third-order valence-electron chi connectivity index (χ3n) is 5.73. The summed E-state index contributed by atoms with van der Waals surface area (Å²) in [5.74, 6) is -1.45. The fourth-order valence-electron chi connectivity index (χ4n) is 4.10. The van der Waals surface area contributed by atoms with Crippen LogP contribution >= 0.6 is 0 Å². The third-order valence-corrected chi connectivity index (χ3v) is 5.73. The molecule has 0 spiro atoms. The zero-order valence-electron chi connectivity index (χ0n) is 16.7. The molecule has 1 fully saturated rings. The van der Waals surface area contributed by atoms with Gasteiger partial charge < -0.3 is 20.6 Å². The number of ketones is 1. The number of aliphatic hydroxyl groups is 2. The number of carboxylic acids is 1. The van der Waals surface area contributed by atoms with Crippen LogP contribution in [0.3, 0.4) is 0 Å². The lowest BCUT2D eigenvalue weighted by atomic mass is 9.85. The van der Waals surface area contributed by atoms with Crippen molar-refractivity contribution in [2.24, 2.45) is 11.8 Å². The Morgan fingerprint density at radius 1 is 1.17 bits per heavy atom. The van der Waals surface area contributed by atoms with Crippen LogP contribution in [0.1, 0.15) is 57.8 Å². The molecule has 1 aliphatic rings. The van der Waals surface area contributed by atoms with Crippen LogP contribution in [-0.4, -0.2) is 45.8 Å². The van der Waals surface area contributed by atoms with Crippen molar-refractivity contribution in [1.82, 2.24) is 0 Å². The molecule has 0 aromatic heterocycles. The summed E-state index contributed by atoms with van der Waals surface area (Å²) < 4.78 is 13.6. The number of aliphatic hydroxyl groups excluding tert-OH is 2. The first-order valence-corrected chi connectivity index (χ1v) is 10.5. The molecule has 1 aromatic carbocycles. The van der Waals surface area contributed by atoms with E-state index in [1.165, 1.54) is 6.07 Å². The van der Waals surface area contributed by atoms with Crippen molar-refractivity contribution in [3.05, 3.63) is 30.1 Å². The number of hydrogen-bond acceptors (Lipinski definition) is 5. The predicted octanol–water partition coefficient (Wildman–Crippen LogP) is 3.37. The van der Waals surface area contributed by atoms with Crippen molar-refractivity contribution in [3.63, 3.8) is 0 Å². The number of para-hydroxylation sites is 1. The molecule has 0 saturated heterocycles. The van der Waals surface area contributed by atoms with Gasteiger partial charge in [0.25, 0.3) is 0 Å². The van der Waals surface area contributed by atoms with E-state index in [0.29, 0.717) is 31.4 Å². The average Bonchev–Trinajstić information content (AvgIpc) is 2.94. The van der Waals surface area contributed by atoms with E-state index in [0.717, 1.165) is 19.3 Å². The van der Waals surface area contributed by atoms with E-state index in [1.54, 1.807) is 18.2 Å². The third kappa shape index (κ3) is 7.74. The number of carbonyl (C=O) groups is 2. The summed E-state index contributed by atoms with van der Waals surface area (Å²) in [6, 6.07) is 6.27. The summed E-state index contributed by atoms with van der Waals surface area (Å²) in [5, 5.41) is 32.0. The molecule has 2 rings (SSSR count). The molecule has 162 valence electrons. The van der Waals surface area contributed by atoms with Crippen molar-refractivity contribution in [2.45, 2.75) is 70.0 Å². The molecule has 1 saturated carbocycles. The Bertz CT molecular complexity index is 668. The number of benzene rings is 1. The van der Waals surface area contributed by atoms with E-state index in [9.17, 15) is 24.2 Å². The second-order valence-corrected chi connectivity index (χ2v) is 7.95. The Morgan fingerprint density at radius 3 is 2.62 bits per heavy atom. The van der Waals surface area contributed by atoms with Crippen LogP contribution in [0.15, 0.2) is 24.3 Å². The lowest BCUT2D eigenvalue weighted by Crippen LogP contribution is -2.25. The molecule has 0 bridgehead atoms. The highest BCUT2D eigenvalue weighted by Crippen LogP contribution is 2.36. The van der Waals surface area contributed by atoms with Crippen LogP contribution in [-0.2, 0) is 9.59 Å². The van der Waals surface area contributed by atoms with Gasteiger partial charge in [0.15, 0.2) is 0 Å². The number of anilines is 1. The number of carbonyl (C=O) groups excluding carboxylic acids is 1. The first-order chi connectivity index (χ1) is 13.9. The smallest absolute Gasteiger partial charge is 0.303 e. The number of Topliss-reactive ketones (excluding diaryl/α,β-unsaturated/α-hetero) is 1. The minimum absolute atomic E-state index is 0.0759. The molecule has 0 heterocycles. The van der Waals surface area contributed by atoms with Crippen molar-refractivity contribution >= 4 is 17.4 Å². The fourth-order valence-corrected chi connectivity index (χ4v) is 4.10. The normalized spacial score (nSPS) is 22.6. The summed E-state index contributed by atoms with van der Waals surface area (Å²) in [7, 11) is 0. The van der Waals surface area contributed by atoms with Gasteiger partial charge in [-0.05, 0) is 43.7 Å². The highest BCUT2D eigenvalue weighted by Gasteiger charge is 2.40. The largest absolute Gasteiger partial charge is 0.481 e. The predicted molar refractivity (Wildman–Crippen MR) is 108 cm³/mol. The van der Waals surface area contributed by atoms with Crippen LogP contribution in [0.5, 0.6) is 0 Å². The van der Waals surface area contributed by atoms with E-state index in [2.05, 4.69) is 5.32 Å². The second-order valence-electron chi connectivity index (χ2n) is 7.95. The van der Waals surface area contributed by atoms with Crippen LogP contribution in [0.2, 0.25) is 0 Å². The summed E-state index contributed by atoms with van der Waals surface area (Å²) >= 11 is 0. The van der Waals surface area contributed by atoms with Crippen LogP contribution < -0.4 is 5.32 Å². The van der Waals surface area contributed by atoms with E-state index in [4.69, 9.17) is 5.11 Å². The SMILES string of the molecule is O=C(O)CCCCCCC1C(=O)CC(O)[C@@H]1CCC(O)CNc1ccccc1F. The lowest BCUT2D eigenvalue weighted by Gasteiger charge is -2.22. The topological polar surface area (TPSA) is 107 Å². The van der Waals surface area contributed by atoms with E-state index < -0.39 is 18.2 Å². The first kappa shape index (κ1) is 23.3. The number of nitrogens with one attached hydrogen (secondary N) is 1. The maximum Gasteiger partial charge on any atom is 0.303 e. The summed E-state index contributed by atoms with van der Waals surface area (Å²) in [5.41, 5.74) is 0.336. The maximum absolute atomic E-state index is 13.6. The number of halogens is 1. The Morgan fingerprint density at radius 2 is 1.90 bits per heavy atom. The fraction of sp³-hybridized carbons (Fsp3) is 0.636. The van der Waals surface area contributed by atoms with Gasteiger partial charge in [-0.15, -0.1) is 0 Å². The van der Waals surface area contributed by atoms with Gasteiger partial charge in [0.2, 0.25) is 0 Å². The average molecular weight is 409 g/mol. The standard InChI is InChI=1S/C22H32FNO5/c23-18-8-5-6-9-19(18)24-14-15(25)11-12-17-16(20(26)13-21(17)27)7-3-1-2-4-10-22(28)29/h5-6,8-9,15-17,21,24-25,27H,1-4,7,10-14H2,(H,28,29)/t15?,16?,17-,21?/m1/s1. The van der Waals surface area contributed by atoms with Gasteiger partial charge in [0.1, 0.15) is 11.6 Å². The van der Waals surface area contributed by atoms with Gasteiger partial charge in [-0.2, -0.15) is 0 Å². The number of carboxylic acid groups (broad SMARTS) is 1. The number of rotatable bonds is 13. The molecule has 0 radical (unpaired) electrons. The maximum atomic E-state index is 13.6. The molecule has 0 aliphatic heterocycles. The Labute approximate surface area is 171 Å². The van der Waals surface area contributed by atoms with Crippen molar-refractivity contribution < 1.29 is 29.3 Å². The zero-order chi connectivity index (χ0) is 21.2. The second kappa shape index (κ2) is 11.9. The highest BCUT2D eigenvalue weighted by atomic mass is 19.1. The molecule has 3 unspecified atom stereocenters. The van der Waals surface area contributed by atoms with Gasteiger partial charge >= 0.3 is 5.97 Å². The van der Waals surface area contributed by atoms with E-state index >= 15 is 0 Å². The molecule has 0 amide bonds. The van der Waals surface area contributed by atoms with Gasteiger partial charge in [0, 0.05) is 25.3 Å². The molecule has 1 aliphatic carbocycles. The van der Waals surface area contributed by atoms with Gasteiger partial charge in [-0.3, -0.25) is 9.59 Å². The molecule has 4 N–H and O–H groups in total. The summed E-state index contributed by atoms with van der Waals surface area (Å²) in [4.78, 5) is 22.8. The Hall–Kier alpha value is -1.99. The highest BCUT2D eigenvalue weighted by molar-refractivity contribution is 5.84. The molecule has 29 heavy (non-hydrogen) atoms. The van der Waals surface area contributed by atoms with E-state index in [-0.39, 0.29) is 42.8 Å². The number of unbranched alkanes of at least 4 members (excludes halogenated alkanes) is 3. The molecule has 7 heteroatoms. The van der Waals surface area contributed by atoms with Crippen LogP contribution in [0, 0.1) is 17.7 Å². The monoisotopic (exact) mass is 409 g/mol. The molecule has 4 atom stereocenters. The van der Waals surface area contributed by atoms with Gasteiger partial charge in [0.05, 0.1) is 17.9 Å².